The van der Waals surface area contributed by atoms with Gasteiger partial charge in [0.05, 0.1) is 22.0 Å². The molecule has 1 aromatic heterocycles. The minimum atomic E-state index is -0.443. The minimum Gasteiger partial charge on any atom is -0.332 e. The molecule has 0 bridgehead atoms. The van der Waals surface area contributed by atoms with Crippen molar-refractivity contribution in [3.8, 4) is 27.9 Å². The SMILES string of the molecule is C=C1/C=C\C=C/CC(C)(C)C2=C1CC(C)(N(c1ccc3c(c1)-c1ccccc1C31c3ccccc3-c3ccccc31)c1ccc3c4ccccc4n(-c4ccccc4)c3c1)C=C2. The maximum atomic E-state index is 4.70. The lowest BCUT2D eigenvalue weighted by Gasteiger charge is -2.45. The number of fused-ring (bicyclic) bond motifs is 13. The molecule has 1 heterocycles. The quantitative estimate of drug-likeness (QED) is 0.172. The summed E-state index contributed by atoms with van der Waals surface area (Å²) in [6.07, 6.45) is 15.5. The van der Waals surface area contributed by atoms with Crippen molar-refractivity contribution in [3.05, 3.63) is 246 Å². The maximum absolute atomic E-state index is 4.70. The van der Waals surface area contributed by atoms with Crippen molar-refractivity contribution in [2.24, 2.45) is 5.41 Å². The first-order valence-corrected chi connectivity index (χ1v) is 22.1. The molecule has 4 aliphatic rings. The van der Waals surface area contributed by atoms with Crippen LogP contribution in [0.25, 0.3) is 49.7 Å². The first kappa shape index (κ1) is 36.7. The van der Waals surface area contributed by atoms with Gasteiger partial charge >= 0.3 is 0 Å². The highest BCUT2D eigenvalue weighted by Crippen LogP contribution is 2.63. The summed E-state index contributed by atoms with van der Waals surface area (Å²) in [6, 6.07) is 61.4. The first-order chi connectivity index (χ1) is 30.3. The van der Waals surface area contributed by atoms with Crippen LogP contribution in [0.15, 0.2) is 224 Å². The summed E-state index contributed by atoms with van der Waals surface area (Å²) >= 11 is 0. The summed E-state index contributed by atoms with van der Waals surface area (Å²) in [5, 5.41) is 2.50. The van der Waals surface area contributed by atoms with Crippen LogP contribution in [0.1, 0.15) is 55.9 Å². The van der Waals surface area contributed by atoms with Gasteiger partial charge in [0, 0.05) is 34.3 Å². The molecule has 62 heavy (non-hydrogen) atoms. The molecule has 0 N–H and O–H groups in total. The molecule has 12 rings (SSSR count). The van der Waals surface area contributed by atoms with E-state index in [1.807, 2.05) is 0 Å². The van der Waals surface area contributed by atoms with Crippen LogP contribution in [-0.2, 0) is 5.41 Å². The summed E-state index contributed by atoms with van der Waals surface area (Å²) in [5.41, 5.74) is 19.4. The van der Waals surface area contributed by atoms with Crippen molar-refractivity contribution >= 4 is 33.2 Å². The third-order valence-electron chi connectivity index (χ3n) is 14.4. The lowest BCUT2D eigenvalue weighted by molar-refractivity contribution is 0.446. The third kappa shape index (κ3) is 5.10. The summed E-state index contributed by atoms with van der Waals surface area (Å²) in [7, 11) is 0. The average Bonchev–Trinajstić information content (AvgIpc) is 3.91. The number of rotatable bonds is 4. The third-order valence-corrected chi connectivity index (χ3v) is 14.4. The van der Waals surface area contributed by atoms with Gasteiger partial charge < -0.3 is 9.47 Å². The smallest absolute Gasteiger partial charge is 0.0725 e. The van der Waals surface area contributed by atoms with Crippen molar-refractivity contribution in [2.45, 2.75) is 44.6 Å². The molecule has 1 unspecified atom stereocenters. The van der Waals surface area contributed by atoms with Gasteiger partial charge in [-0.05, 0) is 122 Å². The van der Waals surface area contributed by atoms with Gasteiger partial charge in [-0.25, -0.2) is 0 Å². The highest BCUT2D eigenvalue weighted by molar-refractivity contribution is 6.10. The second-order valence-electron chi connectivity index (χ2n) is 18.5. The van der Waals surface area contributed by atoms with Crippen molar-refractivity contribution in [3.63, 3.8) is 0 Å². The van der Waals surface area contributed by atoms with E-state index in [4.69, 9.17) is 6.58 Å². The van der Waals surface area contributed by atoms with E-state index in [-0.39, 0.29) is 5.41 Å². The Morgan fingerprint density at radius 2 is 1.11 bits per heavy atom. The molecule has 0 radical (unpaired) electrons. The molecular weight excluding hydrogens is 749 g/mol. The van der Waals surface area contributed by atoms with E-state index >= 15 is 0 Å². The van der Waals surface area contributed by atoms with Gasteiger partial charge in [-0.3, -0.25) is 0 Å². The van der Waals surface area contributed by atoms with Crippen LogP contribution < -0.4 is 4.90 Å². The molecule has 0 saturated heterocycles. The second-order valence-corrected chi connectivity index (χ2v) is 18.5. The Kier molecular flexibility index (Phi) is 7.94. The van der Waals surface area contributed by atoms with Gasteiger partial charge in [0.25, 0.3) is 0 Å². The van der Waals surface area contributed by atoms with Crippen molar-refractivity contribution < 1.29 is 0 Å². The van der Waals surface area contributed by atoms with E-state index in [2.05, 4.69) is 230 Å². The summed E-state index contributed by atoms with van der Waals surface area (Å²) < 4.78 is 2.43. The van der Waals surface area contributed by atoms with E-state index < -0.39 is 11.0 Å². The van der Waals surface area contributed by atoms with Crippen LogP contribution in [0.2, 0.25) is 0 Å². The van der Waals surface area contributed by atoms with Crippen LogP contribution in [-0.4, -0.2) is 10.1 Å². The molecule has 2 heteroatoms. The van der Waals surface area contributed by atoms with E-state index in [9.17, 15) is 0 Å². The fraction of sp³-hybridized carbons (Fsp3) is 0.133. The van der Waals surface area contributed by atoms with Gasteiger partial charge in [0.15, 0.2) is 0 Å². The van der Waals surface area contributed by atoms with Crippen molar-refractivity contribution in [1.82, 2.24) is 4.57 Å². The van der Waals surface area contributed by atoms with Crippen LogP contribution in [0, 0.1) is 5.41 Å². The molecule has 0 aliphatic heterocycles. The molecule has 7 aromatic carbocycles. The van der Waals surface area contributed by atoms with Crippen LogP contribution in [0.5, 0.6) is 0 Å². The Bertz CT molecular complexity index is 3260. The zero-order valence-corrected chi connectivity index (χ0v) is 35.6. The summed E-state index contributed by atoms with van der Waals surface area (Å²) in [6.45, 7) is 11.9. The second kappa shape index (κ2) is 13.4. The first-order valence-electron chi connectivity index (χ1n) is 22.1. The lowest BCUT2D eigenvalue weighted by Crippen LogP contribution is -2.44. The zero-order valence-electron chi connectivity index (χ0n) is 35.6. The van der Waals surface area contributed by atoms with Gasteiger partial charge in [-0.15, -0.1) is 0 Å². The van der Waals surface area contributed by atoms with Crippen LogP contribution in [0.4, 0.5) is 11.4 Å². The molecule has 0 amide bonds. The number of nitrogens with zero attached hydrogens (tertiary/aromatic N) is 2. The lowest BCUT2D eigenvalue weighted by atomic mass is 9.70. The molecular formula is C60H48N2. The number of hydrogen-bond donors (Lipinski definition) is 0. The predicted octanol–water partition coefficient (Wildman–Crippen LogP) is 15.4. The van der Waals surface area contributed by atoms with Gasteiger partial charge in [-0.2, -0.15) is 0 Å². The highest BCUT2D eigenvalue weighted by Gasteiger charge is 2.52. The largest absolute Gasteiger partial charge is 0.332 e. The molecule has 2 nitrogen and oxygen atoms in total. The average molecular weight is 797 g/mol. The number of para-hydroxylation sites is 2. The summed E-state index contributed by atoms with van der Waals surface area (Å²) in [5.74, 6) is 0. The van der Waals surface area contributed by atoms with Crippen molar-refractivity contribution in [2.75, 3.05) is 4.90 Å². The summed E-state index contributed by atoms with van der Waals surface area (Å²) in [4.78, 5) is 2.62. The van der Waals surface area contributed by atoms with Crippen molar-refractivity contribution in [1.29, 1.82) is 0 Å². The van der Waals surface area contributed by atoms with E-state index in [0.29, 0.717) is 0 Å². The number of allylic oxidation sites excluding steroid dienone is 7. The Hall–Kier alpha value is -7.16. The van der Waals surface area contributed by atoms with Crippen LogP contribution in [0.3, 0.4) is 0 Å². The monoisotopic (exact) mass is 796 g/mol. The highest BCUT2D eigenvalue weighted by atomic mass is 15.2. The minimum absolute atomic E-state index is 0.0432. The Morgan fingerprint density at radius 3 is 1.84 bits per heavy atom. The van der Waals surface area contributed by atoms with E-state index in [0.717, 1.165) is 29.8 Å². The van der Waals surface area contributed by atoms with E-state index in [1.54, 1.807) is 0 Å². The molecule has 1 atom stereocenters. The number of benzene rings is 7. The number of anilines is 2. The fourth-order valence-electron chi connectivity index (χ4n) is 11.7. The Labute approximate surface area is 364 Å². The molecule has 8 aromatic rings. The normalized spacial score (nSPS) is 19.9. The zero-order chi connectivity index (χ0) is 41.8. The van der Waals surface area contributed by atoms with Gasteiger partial charge in [-0.1, -0.05) is 178 Å². The van der Waals surface area contributed by atoms with Gasteiger partial charge in [0.1, 0.15) is 0 Å². The maximum Gasteiger partial charge on any atom is 0.0725 e. The topological polar surface area (TPSA) is 8.17 Å². The Balaban J connectivity index is 1.11. The molecule has 1 spiro atoms. The standard InChI is InChI=1S/C60H48N2/c1-40-19-7-6-18-35-58(2,3)51-34-36-59(4,39-50(40)51)62(43-30-32-48-47-25-13-17-29-56(47)61(57(48)38-43)41-20-8-5-9-21-41)42-31-33-55-49(37-42)46-24-12-16-28-54(46)60(55)52-26-14-10-22-44(52)45-23-11-15-27-53(45)60/h5-34,36-38H,1,35,39H2,2-4H3/b18-6-,19-7-. The fourth-order valence-corrected chi connectivity index (χ4v) is 11.7. The molecule has 4 aliphatic carbocycles. The number of aromatic nitrogens is 1. The van der Waals surface area contributed by atoms with E-state index in [1.165, 1.54) is 83.1 Å². The Morgan fingerprint density at radius 1 is 0.532 bits per heavy atom. The van der Waals surface area contributed by atoms with Gasteiger partial charge in [0.2, 0.25) is 0 Å². The van der Waals surface area contributed by atoms with Crippen LogP contribution >= 0.6 is 0 Å². The predicted molar refractivity (Wildman–Crippen MR) is 261 cm³/mol. The molecule has 0 saturated carbocycles. The number of hydrogen-bond acceptors (Lipinski definition) is 1. The molecule has 298 valence electrons. The molecule has 0 fully saturated rings.